The fourth-order valence-electron chi connectivity index (χ4n) is 4.22. The molecule has 2 rings (SSSR count). The Kier molecular flexibility index (Phi) is 8.16. The first-order chi connectivity index (χ1) is 9.78. The van der Waals surface area contributed by atoms with Crippen molar-refractivity contribution in [1.29, 1.82) is 0 Å². The largest absolute Gasteiger partial charge is 0.251 e. The summed E-state index contributed by atoms with van der Waals surface area (Å²) in [6.07, 6.45) is 13.8. The summed E-state index contributed by atoms with van der Waals surface area (Å²) in [7, 11) is -0.437. The van der Waals surface area contributed by atoms with E-state index in [1.807, 2.05) is 0 Å². The highest BCUT2D eigenvalue weighted by atomic mass is 79.9. The normalized spacial score (nSPS) is 35.1. The van der Waals surface area contributed by atoms with Crippen LogP contribution in [0.25, 0.3) is 0 Å². The van der Waals surface area contributed by atoms with Crippen LogP contribution in [-0.4, -0.2) is 20.3 Å². The van der Waals surface area contributed by atoms with Crippen molar-refractivity contribution in [1.82, 2.24) is 0 Å². The van der Waals surface area contributed by atoms with Gasteiger partial charge in [-0.1, -0.05) is 66.2 Å². The summed E-state index contributed by atoms with van der Waals surface area (Å²) in [6.45, 7) is -0.0968. The molecule has 0 spiro atoms. The molecule has 1 heterocycles. The summed E-state index contributed by atoms with van der Waals surface area (Å²) in [6, 6.07) is 4.54. The van der Waals surface area contributed by atoms with Crippen molar-refractivity contribution >= 4 is 24.7 Å². The van der Waals surface area contributed by atoms with Crippen LogP contribution in [0.1, 0.15) is 64.2 Å². The third-order valence-corrected chi connectivity index (χ3v) is 10.2. The van der Waals surface area contributed by atoms with Gasteiger partial charge in [-0.2, -0.15) is 0 Å². The van der Waals surface area contributed by atoms with Gasteiger partial charge in [0.1, 0.15) is 0 Å². The van der Waals surface area contributed by atoms with Gasteiger partial charge in [0, 0.05) is 13.6 Å². The molecule has 0 nitrogen and oxygen atoms in total. The quantitative estimate of drug-likeness (QED) is 0.291. The second-order valence-electron chi connectivity index (χ2n) is 7.27. The highest BCUT2D eigenvalue weighted by Gasteiger charge is 2.24. The van der Waals surface area contributed by atoms with Crippen LogP contribution in [0, 0.1) is 11.8 Å². The molecule has 0 atom stereocenters. The lowest BCUT2D eigenvalue weighted by Gasteiger charge is -2.30. The lowest BCUT2D eigenvalue weighted by molar-refractivity contribution is 0.304. The van der Waals surface area contributed by atoms with Crippen LogP contribution < -0.4 is 0 Å². The Hall–Kier alpha value is 0.627. The summed E-state index contributed by atoms with van der Waals surface area (Å²) in [5, 5.41) is 0. The summed E-state index contributed by atoms with van der Waals surface area (Å²) in [4.78, 5) is 0.810. The first-order valence-electron chi connectivity index (χ1n) is 8.98. The van der Waals surface area contributed by atoms with E-state index >= 15 is 0 Å². The lowest BCUT2D eigenvalue weighted by Crippen LogP contribution is -2.22. The van der Waals surface area contributed by atoms with Crippen molar-refractivity contribution in [3.05, 3.63) is 0 Å². The fourth-order valence-corrected chi connectivity index (χ4v) is 8.36. The average Bonchev–Trinajstić information content (AvgIpc) is 2.48. The minimum absolute atomic E-state index is 0.0968. The molecule has 118 valence electrons. The summed E-state index contributed by atoms with van der Waals surface area (Å²) >= 11 is 3.76. The number of unbranched alkanes of at least 4 members (excludes halogenated alkanes) is 1. The minimum atomic E-state index is -0.437. The Balaban J connectivity index is 1.53. The predicted octanol–water partition coefficient (Wildman–Crippen LogP) is 6.11. The Morgan fingerprint density at radius 1 is 0.850 bits per heavy atom. The molecule has 1 saturated carbocycles. The molecule has 0 bridgehead atoms. The maximum atomic E-state index is 12.1. The van der Waals surface area contributed by atoms with E-state index in [-0.39, 0.29) is 6.67 Å². The minimum Gasteiger partial charge on any atom is -0.251 e. The molecule has 2 aliphatic rings. The SMILES string of the molecule is FCCCC[SiH]1CCC(CCC2CCC(Br)CC2)CC1. The first kappa shape index (κ1) is 17.0. The zero-order chi connectivity index (χ0) is 14.2. The van der Waals surface area contributed by atoms with E-state index in [9.17, 15) is 4.39 Å². The molecule has 20 heavy (non-hydrogen) atoms. The number of hydrogen-bond acceptors (Lipinski definition) is 0. The van der Waals surface area contributed by atoms with Crippen LogP contribution >= 0.6 is 15.9 Å². The maximum absolute atomic E-state index is 12.1. The molecule has 2 fully saturated rings. The third-order valence-electron chi connectivity index (χ3n) is 5.72. The highest BCUT2D eigenvalue weighted by Crippen LogP contribution is 2.36. The van der Waals surface area contributed by atoms with Crippen molar-refractivity contribution in [2.24, 2.45) is 11.8 Å². The third kappa shape index (κ3) is 6.17. The molecule has 0 aromatic carbocycles. The molecule has 0 unspecified atom stereocenters. The maximum Gasteiger partial charge on any atom is 0.0894 e. The Labute approximate surface area is 135 Å². The zero-order valence-electron chi connectivity index (χ0n) is 13.0. The zero-order valence-corrected chi connectivity index (χ0v) is 15.7. The van der Waals surface area contributed by atoms with Crippen molar-refractivity contribution < 1.29 is 4.39 Å². The second-order valence-corrected chi connectivity index (χ2v) is 12.0. The molecule has 1 aliphatic heterocycles. The summed E-state index contributed by atoms with van der Waals surface area (Å²) in [5.74, 6) is 2.07. The molecule has 0 aromatic heterocycles. The van der Waals surface area contributed by atoms with E-state index in [4.69, 9.17) is 0 Å². The molecule has 0 radical (unpaired) electrons. The van der Waals surface area contributed by atoms with Gasteiger partial charge < -0.3 is 0 Å². The van der Waals surface area contributed by atoms with E-state index in [0.717, 1.165) is 23.1 Å². The van der Waals surface area contributed by atoms with Gasteiger partial charge in [0.2, 0.25) is 0 Å². The standard InChI is InChI=1S/C17H32BrFSi/c18-17-7-5-15(6-8-17)3-4-16-9-13-20(14-10-16)12-2-1-11-19/h15-17,20H,1-14H2. The van der Waals surface area contributed by atoms with Crippen molar-refractivity contribution in [3.63, 3.8) is 0 Å². The monoisotopic (exact) mass is 362 g/mol. The van der Waals surface area contributed by atoms with Gasteiger partial charge in [-0.3, -0.25) is 4.39 Å². The average molecular weight is 363 g/mol. The number of halogens is 2. The smallest absolute Gasteiger partial charge is 0.0894 e. The van der Waals surface area contributed by atoms with Crippen molar-refractivity contribution in [3.8, 4) is 0 Å². The van der Waals surface area contributed by atoms with Gasteiger partial charge in [0.15, 0.2) is 0 Å². The van der Waals surface area contributed by atoms with E-state index in [1.165, 1.54) is 63.8 Å². The molecular weight excluding hydrogens is 331 g/mol. The Bertz CT molecular complexity index is 245. The molecule has 0 aromatic rings. The molecule has 1 saturated heterocycles. The Morgan fingerprint density at radius 3 is 2.05 bits per heavy atom. The van der Waals surface area contributed by atoms with Crippen LogP contribution in [0.15, 0.2) is 0 Å². The van der Waals surface area contributed by atoms with Crippen LogP contribution in [0.3, 0.4) is 0 Å². The van der Waals surface area contributed by atoms with Gasteiger partial charge >= 0.3 is 0 Å². The van der Waals surface area contributed by atoms with E-state index < -0.39 is 8.80 Å². The van der Waals surface area contributed by atoms with Crippen LogP contribution in [0.2, 0.25) is 18.1 Å². The van der Waals surface area contributed by atoms with Crippen LogP contribution in [0.4, 0.5) is 4.39 Å². The van der Waals surface area contributed by atoms with Gasteiger partial charge in [0.05, 0.1) is 6.67 Å². The fraction of sp³-hybridized carbons (Fsp3) is 1.00. The number of rotatable bonds is 7. The lowest BCUT2D eigenvalue weighted by atomic mass is 9.83. The number of hydrogen-bond donors (Lipinski definition) is 0. The van der Waals surface area contributed by atoms with Gasteiger partial charge in [-0.05, 0) is 43.9 Å². The van der Waals surface area contributed by atoms with Gasteiger partial charge in [0.25, 0.3) is 0 Å². The van der Waals surface area contributed by atoms with Gasteiger partial charge in [-0.25, -0.2) is 0 Å². The predicted molar refractivity (Wildman–Crippen MR) is 93.4 cm³/mol. The summed E-state index contributed by atoms with van der Waals surface area (Å²) < 4.78 is 12.1. The molecular formula is C17H32BrFSi. The first-order valence-corrected chi connectivity index (χ1v) is 12.3. The van der Waals surface area contributed by atoms with Crippen molar-refractivity contribution in [2.45, 2.75) is 87.2 Å². The molecule has 0 amide bonds. The van der Waals surface area contributed by atoms with Crippen LogP contribution in [0.5, 0.6) is 0 Å². The van der Waals surface area contributed by atoms with E-state index in [1.54, 1.807) is 12.1 Å². The molecule has 1 aliphatic carbocycles. The summed E-state index contributed by atoms with van der Waals surface area (Å²) in [5.41, 5.74) is 0. The molecule has 0 N–H and O–H groups in total. The van der Waals surface area contributed by atoms with E-state index in [2.05, 4.69) is 15.9 Å². The highest BCUT2D eigenvalue weighted by molar-refractivity contribution is 9.09. The van der Waals surface area contributed by atoms with Crippen molar-refractivity contribution in [2.75, 3.05) is 6.67 Å². The van der Waals surface area contributed by atoms with Crippen LogP contribution in [-0.2, 0) is 0 Å². The van der Waals surface area contributed by atoms with Gasteiger partial charge in [-0.15, -0.1) is 0 Å². The topological polar surface area (TPSA) is 0 Å². The second kappa shape index (κ2) is 9.60. The Morgan fingerprint density at radius 2 is 1.45 bits per heavy atom. The molecule has 3 heteroatoms. The number of alkyl halides is 2. The van der Waals surface area contributed by atoms with E-state index in [0.29, 0.717) is 0 Å².